The van der Waals surface area contributed by atoms with Gasteiger partial charge in [-0.1, -0.05) is 17.4 Å². The smallest absolute Gasteiger partial charge is 0.445 e. The number of fused-ring (bicyclic) bond motifs is 1. The molecular weight excluding hydrogens is 597 g/mol. The van der Waals surface area contributed by atoms with Crippen LogP contribution in [0.3, 0.4) is 0 Å². The molecule has 9 nitrogen and oxygen atoms in total. The molecule has 0 amide bonds. The fourth-order valence-corrected chi connectivity index (χ4v) is 5.19. The van der Waals surface area contributed by atoms with Gasteiger partial charge in [0.1, 0.15) is 24.1 Å². The van der Waals surface area contributed by atoms with Gasteiger partial charge in [0.25, 0.3) is 0 Å². The van der Waals surface area contributed by atoms with Crippen molar-refractivity contribution in [2.75, 3.05) is 6.61 Å². The molecule has 0 radical (unpaired) electrons. The van der Waals surface area contributed by atoms with Crippen molar-refractivity contribution in [1.29, 1.82) is 0 Å². The Bertz CT molecular complexity index is 1840. The summed E-state index contributed by atoms with van der Waals surface area (Å²) < 4.78 is 81.8. The number of nitrogens with zero attached hydrogens (tertiary/aromatic N) is 5. The van der Waals surface area contributed by atoms with Crippen molar-refractivity contribution in [3.8, 4) is 17.1 Å². The average Bonchev–Trinajstić information content (AvgIpc) is 3.56. The molecule has 1 aliphatic rings. The zero-order valence-corrected chi connectivity index (χ0v) is 22.8. The number of alkyl halides is 3. The maximum Gasteiger partial charge on any atom is 0.445 e. The summed E-state index contributed by atoms with van der Waals surface area (Å²) in [5, 5.41) is 14.8. The van der Waals surface area contributed by atoms with Crippen LogP contribution in [-0.2, 0) is 30.5 Å². The number of pyridine rings is 1. The Hall–Kier alpha value is -4.50. The summed E-state index contributed by atoms with van der Waals surface area (Å²) in [4.78, 5) is 20.3. The molecule has 222 valence electrons. The highest BCUT2D eigenvalue weighted by atomic mass is 32.1. The number of ether oxygens (including phenoxy) is 2. The number of benzene rings is 2. The van der Waals surface area contributed by atoms with E-state index in [1.807, 2.05) is 0 Å². The normalized spacial score (nSPS) is 15.0. The van der Waals surface area contributed by atoms with Crippen LogP contribution >= 0.6 is 11.3 Å². The number of carboxylic acid groups (broad SMARTS) is 1. The van der Waals surface area contributed by atoms with Crippen LogP contribution < -0.4 is 4.74 Å². The lowest BCUT2D eigenvalue weighted by Crippen LogP contribution is -2.31. The van der Waals surface area contributed by atoms with Crippen molar-refractivity contribution >= 4 is 28.3 Å². The fourth-order valence-electron chi connectivity index (χ4n) is 4.57. The number of carboxylic acids is 1. The van der Waals surface area contributed by atoms with Crippen LogP contribution in [0.2, 0.25) is 0 Å². The quantitative estimate of drug-likeness (QED) is 0.204. The molecule has 0 saturated carbocycles. The Morgan fingerprint density at radius 3 is 2.60 bits per heavy atom. The zero-order valence-electron chi connectivity index (χ0n) is 21.9. The molecule has 1 saturated heterocycles. The lowest BCUT2D eigenvalue weighted by molar-refractivity contribution is -0.138. The summed E-state index contributed by atoms with van der Waals surface area (Å²) in [5.74, 6) is -2.20. The number of rotatable bonds is 9. The van der Waals surface area contributed by atoms with Crippen LogP contribution in [0, 0.1) is 11.6 Å². The summed E-state index contributed by atoms with van der Waals surface area (Å²) in [6, 6.07) is 10.9. The Balaban J connectivity index is 1.25. The lowest BCUT2D eigenvalue weighted by Gasteiger charge is -2.27. The first-order valence-electron chi connectivity index (χ1n) is 12.9. The number of imidazole rings is 1. The van der Waals surface area contributed by atoms with Gasteiger partial charge in [-0.15, -0.1) is 10.2 Å². The van der Waals surface area contributed by atoms with Gasteiger partial charge in [0.05, 0.1) is 34.9 Å². The van der Waals surface area contributed by atoms with Gasteiger partial charge in [-0.2, -0.15) is 13.2 Å². The number of halogens is 5. The van der Waals surface area contributed by atoms with Gasteiger partial charge in [-0.25, -0.2) is 23.5 Å². The average molecular weight is 618 g/mol. The number of hydrogen-bond acceptors (Lipinski definition) is 8. The first-order valence-corrected chi connectivity index (χ1v) is 13.7. The fraction of sp³-hybridized carbons (Fsp3) is 0.250. The first-order chi connectivity index (χ1) is 20.5. The summed E-state index contributed by atoms with van der Waals surface area (Å²) in [6.07, 6.45) is -4.00. The number of aromatic nitrogens is 5. The Morgan fingerprint density at radius 2 is 1.91 bits per heavy atom. The second kappa shape index (κ2) is 11.3. The van der Waals surface area contributed by atoms with Crippen molar-refractivity contribution in [3.05, 3.63) is 87.1 Å². The van der Waals surface area contributed by atoms with E-state index in [1.54, 1.807) is 10.6 Å². The minimum Gasteiger partial charge on any atom is -0.478 e. The molecule has 15 heteroatoms. The highest BCUT2D eigenvalue weighted by Crippen LogP contribution is 2.32. The van der Waals surface area contributed by atoms with Gasteiger partial charge in [0.2, 0.25) is 10.9 Å². The van der Waals surface area contributed by atoms with E-state index in [4.69, 9.17) is 9.47 Å². The van der Waals surface area contributed by atoms with Crippen molar-refractivity contribution in [2.45, 2.75) is 38.3 Å². The molecule has 0 bridgehead atoms. The van der Waals surface area contributed by atoms with Crippen molar-refractivity contribution in [1.82, 2.24) is 24.7 Å². The summed E-state index contributed by atoms with van der Waals surface area (Å²) >= 11 is 0.328. The van der Waals surface area contributed by atoms with Crippen molar-refractivity contribution in [3.63, 3.8) is 0 Å². The summed E-state index contributed by atoms with van der Waals surface area (Å²) in [6.45, 7) is 0.638. The summed E-state index contributed by atoms with van der Waals surface area (Å²) in [5.41, 5.74) is 1.06. The zero-order chi connectivity index (χ0) is 30.3. The number of hydrogen-bond donors (Lipinski definition) is 1. The molecule has 0 aliphatic carbocycles. The number of aromatic carboxylic acids is 1. The van der Waals surface area contributed by atoms with Crippen LogP contribution in [0.1, 0.15) is 38.2 Å². The van der Waals surface area contributed by atoms with E-state index in [0.29, 0.717) is 41.3 Å². The largest absolute Gasteiger partial charge is 0.478 e. The monoisotopic (exact) mass is 617 g/mol. The van der Waals surface area contributed by atoms with E-state index < -0.39 is 28.8 Å². The third kappa shape index (κ3) is 6.03. The van der Waals surface area contributed by atoms with Gasteiger partial charge in [-0.05, 0) is 48.4 Å². The van der Waals surface area contributed by atoms with E-state index in [1.165, 1.54) is 30.3 Å². The molecular formula is C28H20F5N5O4S. The third-order valence-electron chi connectivity index (χ3n) is 6.79. The van der Waals surface area contributed by atoms with E-state index >= 15 is 8.78 Å². The molecule has 4 heterocycles. The first kappa shape index (κ1) is 28.6. The van der Waals surface area contributed by atoms with E-state index in [-0.39, 0.29) is 52.4 Å². The van der Waals surface area contributed by atoms with Crippen molar-refractivity contribution < 1.29 is 41.3 Å². The molecule has 1 fully saturated rings. The SMILES string of the molecule is O=C(O)c1ccc2nc(Cc3cc(F)c(-c4cccc(OCc5nnc(C(F)(F)F)s5)n4)cc3F)n(C[C@@H]3CCO3)c2c1. The second-order valence-corrected chi connectivity index (χ2v) is 10.7. The van der Waals surface area contributed by atoms with Gasteiger partial charge in [0, 0.05) is 24.7 Å². The standard InChI is InChI=1S/C28H20F5N5O4S/c29-18-11-17(20-2-1-3-24(35-20)42-13-25-36-37-27(43-25)28(31,32)33)19(30)8-15(18)10-23-34-21-5-4-14(26(39)40)9-22(21)38(23)12-16-6-7-41-16/h1-5,8-9,11,16H,6-7,10,12-13H2,(H,39,40)/t16-/m0/s1. The van der Waals surface area contributed by atoms with Crippen molar-refractivity contribution in [2.24, 2.45) is 0 Å². The third-order valence-corrected chi connectivity index (χ3v) is 7.73. The lowest BCUT2D eigenvalue weighted by atomic mass is 10.0. The van der Waals surface area contributed by atoms with E-state index in [9.17, 15) is 23.1 Å². The Kier molecular flexibility index (Phi) is 7.52. The van der Waals surface area contributed by atoms with Gasteiger partial charge < -0.3 is 19.1 Å². The second-order valence-electron chi connectivity index (χ2n) is 9.68. The molecule has 2 aromatic carbocycles. The predicted molar refractivity (Wildman–Crippen MR) is 143 cm³/mol. The predicted octanol–water partition coefficient (Wildman–Crippen LogP) is 5.90. The molecule has 5 aromatic rings. The minimum absolute atomic E-state index is 0.0231. The van der Waals surface area contributed by atoms with Gasteiger partial charge in [-0.3, -0.25) is 0 Å². The molecule has 1 aliphatic heterocycles. The highest BCUT2D eigenvalue weighted by molar-refractivity contribution is 7.11. The minimum atomic E-state index is -4.62. The van der Waals surface area contributed by atoms with E-state index in [0.717, 1.165) is 18.6 Å². The molecule has 3 aromatic heterocycles. The van der Waals surface area contributed by atoms with Crippen LogP contribution in [0.5, 0.6) is 5.88 Å². The summed E-state index contributed by atoms with van der Waals surface area (Å²) in [7, 11) is 0. The topological polar surface area (TPSA) is 112 Å². The molecule has 43 heavy (non-hydrogen) atoms. The molecule has 0 unspecified atom stereocenters. The molecule has 0 spiro atoms. The van der Waals surface area contributed by atoms with Gasteiger partial charge >= 0.3 is 12.1 Å². The highest BCUT2D eigenvalue weighted by Gasteiger charge is 2.35. The maximum absolute atomic E-state index is 15.4. The molecule has 1 N–H and O–H groups in total. The van der Waals surface area contributed by atoms with E-state index in [2.05, 4.69) is 20.2 Å². The van der Waals surface area contributed by atoms with Crippen LogP contribution in [-0.4, -0.2) is 48.5 Å². The molecule has 1 atom stereocenters. The van der Waals surface area contributed by atoms with Gasteiger partial charge in [0.15, 0.2) is 5.01 Å². The van der Waals surface area contributed by atoms with Crippen LogP contribution in [0.15, 0.2) is 48.5 Å². The van der Waals surface area contributed by atoms with Crippen LogP contribution in [0.25, 0.3) is 22.3 Å². The maximum atomic E-state index is 15.4. The van der Waals surface area contributed by atoms with Crippen LogP contribution in [0.4, 0.5) is 22.0 Å². The Morgan fingerprint density at radius 1 is 1.09 bits per heavy atom. The molecule has 6 rings (SSSR count). The Labute approximate surface area is 243 Å². The number of carbonyl (C=O) groups is 1.